The van der Waals surface area contributed by atoms with Gasteiger partial charge in [0.1, 0.15) is 0 Å². The van der Waals surface area contributed by atoms with Crippen molar-refractivity contribution in [2.75, 3.05) is 13.1 Å². The summed E-state index contributed by atoms with van der Waals surface area (Å²) in [5.41, 5.74) is 2.46. The molecule has 0 amide bonds. The summed E-state index contributed by atoms with van der Waals surface area (Å²) in [6.45, 7) is 6.17. The fourth-order valence-electron chi connectivity index (χ4n) is 1.72. The number of hydrogen-bond acceptors (Lipinski definition) is 2. The second-order valence-electron chi connectivity index (χ2n) is 3.99. The van der Waals surface area contributed by atoms with Crippen LogP contribution in [0.4, 0.5) is 0 Å². The van der Waals surface area contributed by atoms with Gasteiger partial charge in [-0.1, -0.05) is 23.4 Å². The second-order valence-corrected chi connectivity index (χ2v) is 5.51. The summed E-state index contributed by atoms with van der Waals surface area (Å²) in [6, 6.07) is 7.94. The minimum atomic E-state index is 0.776. The monoisotopic (exact) mass is 267 g/mol. The molecule has 4 heteroatoms. The third-order valence-electron chi connectivity index (χ3n) is 2.62. The Labute approximate surface area is 111 Å². The van der Waals surface area contributed by atoms with Crippen LogP contribution in [0.2, 0.25) is 5.02 Å². The Morgan fingerprint density at radius 2 is 1.94 bits per heavy atom. The van der Waals surface area contributed by atoms with Gasteiger partial charge in [0.2, 0.25) is 0 Å². The number of hydrogen-bond donors (Lipinski definition) is 2. The number of nitrogens with one attached hydrogen (secondary N) is 2. The summed E-state index contributed by atoms with van der Waals surface area (Å²) in [5.74, 6) is 0. The predicted molar refractivity (Wildman–Crippen MR) is 74.5 cm³/mol. The molecule has 1 aromatic carbocycles. The molecule has 0 saturated carbocycles. The van der Waals surface area contributed by atoms with Crippen molar-refractivity contribution >= 4 is 29.1 Å². The van der Waals surface area contributed by atoms with Gasteiger partial charge in [0.05, 0.1) is 11.4 Å². The topological polar surface area (TPSA) is 26.0 Å². The average Bonchev–Trinajstić information content (AvgIpc) is 2.47. The van der Waals surface area contributed by atoms with Crippen LogP contribution in [0.3, 0.4) is 0 Å². The number of thioether (sulfide) groups is 1. The first-order valence-corrected chi connectivity index (χ1v) is 6.82. The molecule has 1 aliphatic rings. The molecule has 2 N–H and O–H groups in total. The Bertz CT molecular complexity index is 463. The molecule has 2 nitrogen and oxygen atoms in total. The van der Waals surface area contributed by atoms with Crippen LogP contribution in [0.15, 0.2) is 39.8 Å². The van der Waals surface area contributed by atoms with Gasteiger partial charge < -0.3 is 5.32 Å². The Morgan fingerprint density at radius 1 is 1.24 bits per heavy atom. The van der Waals surface area contributed by atoms with Crippen LogP contribution in [0, 0.1) is 0 Å². The predicted octanol–water partition coefficient (Wildman–Crippen LogP) is 1.81. The van der Waals surface area contributed by atoms with Gasteiger partial charge in [0.15, 0.2) is 12.3 Å². The minimum absolute atomic E-state index is 0.776. The van der Waals surface area contributed by atoms with E-state index in [0.29, 0.717) is 0 Å². The molecule has 1 aliphatic heterocycles. The van der Waals surface area contributed by atoms with E-state index >= 15 is 0 Å². The molecule has 90 valence electrons. The van der Waals surface area contributed by atoms with E-state index in [1.165, 1.54) is 21.2 Å². The molecular formula is C13H16ClN2S+. The second kappa shape index (κ2) is 5.61. The number of halogens is 1. The quantitative estimate of drug-likeness (QED) is 0.855. The average molecular weight is 268 g/mol. The standard InChI is InChI=1S/C13H15ClN2S/c1-9-13(10(2)16-8-7-15-9)17-12-5-3-11(14)4-6-12/h3-6,15H,7-8H2,1-2H3/p+1. The van der Waals surface area contributed by atoms with Crippen LogP contribution in [-0.2, 0) is 0 Å². The van der Waals surface area contributed by atoms with Gasteiger partial charge in [-0.2, -0.15) is 0 Å². The summed E-state index contributed by atoms with van der Waals surface area (Å²) in [4.78, 5) is 5.88. The first-order valence-electron chi connectivity index (χ1n) is 5.63. The van der Waals surface area contributed by atoms with Crippen LogP contribution in [0.1, 0.15) is 13.8 Å². The molecule has 0 radical (unpaired) electrons. The van der Waals surface area contributed by atoms with Crippen molar-refractivity contribution in [2.45, 2.75) is 18.7 Å². The molecule has 0 saturated heterocycles. The smallest absolute Gasteiger partial charge is 0.187 e. The highest BCUT2D eigenvalue weighted by molar-refractivity contribution is 8.04. The van der Waals surface area contributed by atoms with E-state index in [-0.39, 0.29) is 0 Å². The Balaban J connectivity index is 2.24. The highest BCUT2D eigenvalue weighted by atomic mass is 35.5. The molecule has 0 aliphatic carbocycles. The maximum absolute atomic E-state index is 5.89. The fraction of sp³-hybridized carbons (Fsp3) is 0.308. The highest BCUT2D eigenvalue weighted by Gasteiger charge is 2.15. The van der Waals surface area contributed by atoms with Crippen molar-refractivity contribution in [1.82, 2.24) is 5.32 Å². The van der Waals surface area contributed by atoms with Gasteiger partial charge in [0, 0.05) is 22.5 Å². The Morgan fingerprint density at radius 3 is 2.65 bits per heavy atom. The molecule has 0 aromatic heterocycles. The lowest BCUT2D eigenvalue weighted by Crippen LogP contribution is -2.73. The lowest BCUT2D eigenvalue weighted by atomic mass is 10.3. The fourth-order valence-corrected chi connectivity index (χ4v) is 2.80. The summed E-state index contributed by atoms with van der Waals surface area (Å²) in [5, 5.41) is 4.18. The van der Waals surface area contributed by atoms with Crippen molar-refractivity contribution in [1.29, 1.82) is 0 Å². The zero-order valence-electron chi connectivity index (χ0n) is 10.0. The highest BCUT2D eigenvalue weighted by Crippen LogP contribution is 2.29. The zero-order chi connectivity index (χ0) is 12.3. The molecule has 0 fully saturated rings. The summed E-state index contributed by atoms with van der Waals surface area (Å²) < 4.78 is 0. The van der Waals surface area contributed by atoms with E-state index in [9.17, 15) is 0 Å². The van der Waals surface area contributed by atoms with Gasteiger partial charge in [-0.3, -0.25) is 0 Å². The maximum atomic E-state index is 5.89. The molecule has 0 spiro atoms. The molecule has 0 unspecified atom stereocenters. The van der Waals surface area contributed by atoms with Crippen molar-refractivity contribution in [3.8, 4) is 0 Å². The van der Waals surface area contributed by atoms with E-state index in [2.05, 4.69) is 24.2 Å². The van der Waals surface area contributed by atoms with E-state index in [1.54, 1.807) is 11.8 Å². The zero-order valence-corrected chi connectivity index (χ0v) is 11.6. The summed E-state index contributed by atoms with van der Waals surface area (Å²) >= 11 is 7.65. The lowest BCUT2D eigenvalue weighted by Gasteiger charge is -2.07. The van der Waals surface area contributed by atoms with Gasteiger partial charge in [0.25, 0.3) is 0 Å². The molecule has 17 heavy (non-hydrogen) atoms. The van der Waals surface area contributed by atoms with E-state index < -0.39 is 0 Å². The van der Waals surface area contributed by atoms with Gasteiger partial charge >= 0.3 is 0 Å². The number of allylic oxidation sites excluding steroid dienone is 2. The molecular weight excluding hydrogens is 252 g/mol. The first kappa shape index (κ1) is 12.5. The van der Waals surface area contributed by atoms with Crippen LogP contribution in [0.25, 0.3) is 0 Å². The number of benzene rings is 1. The number of rotatable bonds is 2. The Hall–Kier alpha value is -0.930. The largest absolute Gasteiger partial charge is 0.381 e. The van der Waals surface area contributed by atoms with Gasteiger partial charge in [-0.15, -0.1) is 0 Å². The van der Waals surface area contributed by atoms with Crippen molar-refractivity contribution in [3.63, 3.8) is 0 Å². The van der Waals surface area contributed by atoms with Crippen molar-refractivity contribution in [2.24, 2.45) is 0 Å². The van der Waals surface area contributed by atoms with E-state index in [4.69, 9.17) is 11.6 Å². The van der Waals surface area contributed by atoms with Gasteiger partial charge in [-0.25, -0.2) is 4.99 Å². The van der Waals surface area contributed by atoms with Crippen molar-refractivity contribution < 1.29 is 4.99 Å². The van der Waals surface area contributed by atoms with Gasteiger partial charge in [-0.05, 0) is 31.2 Å². The van der Waals surface area contributed by atoms with E-state index in [0.717, 1.165) is 18.1 Å². The third kappa shape index (κ3) is 3.27. The van der Waals surface area contributed by atoms with E-state index in [1.807, 2.05) is 24.3 Å². The molecule has 2 rings (SSSR count). The summed E-state index contributed by atoms with van der Waals surface area (Å²) in [7, 11) is 0. The SMILES string of the molecule is CC1=[NH+]CCNC(C)=C1Sc1ccc(Cl)cc1. The molecule has 0 atom stereocenters. The first-order chi connectivity index (χ1) is 8.16. The maximum Gasteiger partial charge on any atom is 0.187 e. The van der Waals surface area contributed by atoms with Crippen LogP contribution >= 0.6 is 23.4 Å². The minimum Gasteiger partial charge on any atom is -0.381 e. The van der Waals surface area contributed by atoms with Crippen LogP contribution < -0.4 is 10.3 Å². The van der Waals surface area contributed by atoms with Crippen LogP contribution in [0.5, 0.6) is 0 Å². The normalized spacial score (nSPS) is 16.3. The third-order valence-corrected chi connectivity index (χ3v) is 4.20. The Kier molecular flexibility index (Phi) is 4.13. The molecule has 1 aromatic rings. The lowest BCUT2D eigenvalue weighted by molar-refractivity contribution is -0.453. The molecule has 1 heterocycles. The summed E-state index contributed by atoms with van der Waals surface area (Å²) in [6.07, 6.45) is 0. The molecule has 0 bridgehead atoms. The van der Waals surface area contributed by atoms with Crippen LogP contribution in [-0.4, -0.2) is 18.8 Å². The van der Waals surface area contributed by atoms with Crippen molar-refractivity contribution in [3.05, 3.63) is 39.9 Å².